The van der Waals surface area contributed by atoms with Crippen LogP contribution >= 0.6 is 0 Å². The van der Waals surface area contributed by atoms with Crippen LogP contribution in [0.15, 0.2) is 51.7 Å². The SMILES string of the molecule is COc1ccc(OC)c(CN2CCN(C(=O)CCn3c(=O)oc4ccccc43)CC2)c1. The topological polar surface area (TPSA) is 77.2 Å². The number of aryl methyl sites for hydroxylation is 1. The lowest BCUT2D eigenvalue weighted by Gasteiger charge is -2.35. The van der Waals surface area contributed by atoms with Gasteiger partial charge in [-0.2, -0.15) is 0 Å². The number of hydrogen-bond donors (Lipinski definition) is 0. The van der Waals surface area contributed by atoms with E-state index in [1.165, 1.54) is 4.57 Å². The summed E-state index contributed by atoms with van der Waals surface area (Å²) in [5.74, 6) is 1.26. The zero-order valence-electron chi connectivity index (χ0n) is 17.9. The van der Waals surface area contributed by atoms with Gasteiger partial charge in [-0.15, -0.1) is 0 Å². The number of amides is 1. The number of nitrogens with zero attached hydrogens (tertiary/aromatic N) is 3. The molecule has 1 aliphatic heterocycles. The van der Waals surface area contributed by atoms with Gasteiger partial charge in [-0.25, -0.2) is 4.79 Å². The van der Waals surface area contributed by atoms with Gasteiger partial charge in [-0.05, 0) is 30.3 Å². The third-order valence-corrected chi connectivity index (χ3v) is 5.73. The third-order valence-electron chi connectivity index (χ3n) is 5.73. The highest BCUT2D eigenvalue weighted by Gasteiger charge is 2.22. The second kappa shape index (κ2) is 9.26. The van der Waals surface area contributed by atoms with Crippen LogP contribution in [0, 0.1) is 0 Å². The number of carbonyl (C=O) groups is 1. The summed E-state index contributed by atoms with van der Waals surface area (Å²) in [5, 5.41) is 0. The second-order valence-electron chi connectivity index (χ2n) is 7.57. The van der Waals surface area contributed by atoms with Gasteiger partial charge in [0.15, 0.2) is 5.58 Å². The number of carbonyl (C=O) groups excluding carboxylic acids is 1. The van der Waals surface area contributed by atoms with E-state index in [1.54, 1.807) is 20.3 Å². The molecule has 4 rings (SSSR count). The summed E-state index contributed by atoms with van der Waals surface area (Å²) in [4.78, 5) is 29.0. The molecular weight excluding hydrogens is 398 g/mol. The van der Waals surface area contributed by atoms with Crippen LogP contribution < -0.4 is 15.2 Å². The highest BCUT2D eigenvalue weighted by Crippen LogP contribution is 2.25. The molecule has 1 saturated heterocycles. The van der Waals surface area contributed by atoms with Gasteiger partial charge in [0, 0.05) is 51.3 Å². The van der Waals surface area contributed by atoms with Gasteiger partial charge < -0.3 is 18.8 Å². The van der Waals surface area contributed by atoms with Crippen LogP contribution in [0.5, 0.6) is 11.5 Å². The van der Waals surface area contributed by atoms with E-state index >= 15 is 0 Å². The van der Waals surface area contributed by atoms with E-state index in [2.05, 4.69) is 4.90 Å². The van der Waals surface area contributed by atoms with Gasteiger partial charge in [-0.1, -0.05) is 12.1 Å². The highest BCUT2D eigenvalue weighted by atomic mass is 16.5. The summed E-state index contributed by atoms with van der Waals surface area (Å²) in [6, 6.07) is 13.0. The fourth-order valence-corrected chi connectivity index (χ4v) is 3.99. The zero-order chi connectivity index (χ0) is 21.8. The van der Waals surface area contributed by atoms with E-state index in [-0.39, 0.29) is 12.3 Å². The predicted molar refractivity (Wildman–Crippen MR) is 116 cm³/mol. The number of para-hydroxylation sites is 2. The second-order valence-corrected chi connectivity index (χ2v) is 7.57. The molecule has 0 N–H and O–H groups in total. The molecule has 0 bridgehead atoms. The van der Waals surface area contributed by atoms with Gasteiger partial charge in [0.1, 0.15) is 11.5 Å². The Morgan fingerprint density at radius 1 is 1.03 bits per heavy atom. The Balaban J connectivity index is 1.32. The maximum absolute atomic E-state index is 12.7. The van der Waals surface area contributed by atoms with E-state index < -0.39 is 5.76 Å². The first-order valence-electron chi connectivity index (χ1n) is 10.4. The average molecular weight is 425 g/mol. The highest BCUT2D eigenvalue weighted by molar-refractivity contribution is 5.77. The average Bonchev–Trinajstić information content (AvgIpc) is 3.12. The predicted octanol–water partition coefficient (Wildman–Crippen LogP) is 2.35. The van der Waals surface area contributed by atoms with Gasteiger partial charge >= 0.3 is 5.76 Å². The normalized spacial score (nSPS) is 14.7. The summed E-state index contributed by atoms with van der Waals surface area (Å²) in [6.07, 6.45) is 0.271. The Labute approximate surface area is 180 Å². The Bertz CT molecular complexity index is 1110. The van der Waals surface area contributed by atoms with Gasteiger partial charge in [0.25, 0.3) is 0 Å². The molecule has 31 heavy (non-hydrogen) atoms. The van der Waals surface area contributed by atoms with Crippen molar-refractivity contribution in [2.45, 2.75) is 19.5 Å². The minimum Gasteiger partial charge on any atom is -0.497 e. The van der Waals surface area contributed by atoms with Gasteiger partial charge in [-0.3, -0.25) is 14.3 Å². The summed E-state index contributed by atoms with van der Waals surface area (Å²) in [6.45, 7) is 3.92. The number of hydrogen-bond acceptors (Lipinski definition) is 6. The number of rotatable bonds is 7. The van der Waals surface area contributed by atoms with Crippen molar-refractivity contribution in [3.05, 3.63) is 58.6 Å². The van der Waals surface area contributed by atoms with Crippen LogP contribution in [0.25, 0.3) is 11.1 Å². The Morgan fingerprint density at radius 2 is 1.81 bits per heavy atom. The number of piperazine rings is 1. The van der Waals surface area contributed by atoms with Crippen LogP contribution in [0.1, 0.15) is 12.0 Å². The van der Waals surface area contributed by atoms with Crippen molar-refractivity contribution in [2.75, 3.05) is 40.4 Å². The largest absolute Gasteiger partial charge is 0.497 e. The monoisotopic (exact) mass is 425 g/mol. The Kier molecular flexibility index (Phi) is 6.27. The first-order valence-corrected chi connectivity index (χ1v) is 10.4. The number of ether oxygens (including phenoxy) is 2. The Morgan fingerprint density at radius 3 is 2.55 bits per heavy atom. The first kappa shape index (κ1) is 21.0. The van der Waals surface area contributed by atoms with Crippen molar-refractivity contribution >= 4 is 17.0 Å². The van der Waals surface area contributed by atoms with Crippen LogP contribution in [0.3, 0.4) is 0 Å². The maximum atomic E-state index is 12.7. The fraction of sp³-hybridized carbons (Fsp3) is 0.391. The molecule has 2 heterocycles. The molecule has 3 aromatic rings. The van der Waals surface area contributed by atoms with Crippen molar-refractivity contribution in [1.29, 1.82) is 0 Å². The minimum atomic E-state index is -0.425. The molecule has 0 unspecified atom stereocenters. The zero-order valence-corrected chi connectivity index (χ0v) is 17.9. The molecule has 1 aromatic heterocycles. The molecule has 1 fully saturated rings. The molecule has 0 saturated carbocycles. The van der Waals surface area contributed by atoms with E-state index in [0.29, 0.717) is 25.2 Å². The molecule has 8 heteroatoms. The Hall–Kier alpha value is -3.26. The molecule has 0 spiro atoms. The quantitative estimate of drug-likeness (QED) is 0.578. The molecular formula is C23H27N3O5. The fourth-order valence-electron chi connectivity index (χ4n) is 3.99. The lowest BCUT2D eigenvalue weighted by Crippen LogP contribution is -2.48. The van der Waals surface area contributed by atoms with Crippen molar-refractivity contribution in [3.8, 4) is 11.5 Å². The standard InChI is InChI=1S/C23H27N3O5/c1-29-18-7-8-20(30-2)17(15-18)16-24-11-13-25(14-12-24)22(27)9-10-26-19-5-3-4-6-21(19)31-23(26)28/h3-8,15H,9-14,16H2,1-2H3. The van der Waals surface area contributed by atoms with Crippen LogP contribution in [-0.4, -0.2) is 60.7 Å². The number of fused-ring (bicyclic) bond motifs is 1. The van der Waals surface area contributed by atoms with Crippen molar-refractivity contribution in [1.82, 2.24) is 14.4 Å². The number of benzene rings is 2. The van der Waals surface area contributed by atoms with E-state index in [1.807, 2.05) is 41.3 Å². The molecule has 0 aliphatic carbocycles. The summed E-state index contributed by atoms with van der Waals surface area (Å²) in [7, 11) is 3.31. The van der Waals surface area contributed by atoms with Crippen molar-refractivity contribution < 1.29 is 18.7 Å². The van der Waals surface area contributed by atoms with Crippen molar-refractivity contribution in [3.63, 3.8) is 0 Å². The van der Waals surface area contributed by atoms with E-state index in [0.717, 1.165) is 42.2 Å². The lowest BCUT2D eigenvalue weighted by molar-refractivity contribution is -0.133. The van der Waals surface area contributed by atoms with E-state index in [9.17, 15) is 9.59 Å². The molecule has 164 valence electrons. The molecule has 1 aliphatic rings. The smallest absolute Gasteiger partial charge is 0.419 e. The maximum Gasteiger partial charge on any atom is 0.419 e. The van der Waals surface area contributed by atoms with Crippen LogP contribution in [0.4, 0.5) is 0 Å². The lowest BCUT2D eigenvalue weighted by atomic mass is 10.1. The molecule has 1 amide bonds. The molecule has 0 radical (unpaired) electrons. The number of aromatic nitrogens is 1. The van der Waals surface area contributed by atoms with Crippen molar-refractivity contribution in [2.24, 2.45) is 0 Å². The van der Waals surface area contributed by atoms with Crippen LogP contribution in [0.2, 0.25) is 0 Å². The minimum absolute atomic E-state index is 0.0517. The molecule has 2 aromatic carbocycles. The summed E-state index contributed by atoms with van der Waals surface area (Å²) >= 11 is 0. The van der Waals surface area contributed by atoms with Crippen LogP contribution in [-0.2, 0) is 17.9 Å². The number of methoxy groups -OCH3 is 2. The molecule has 8 nitrogen and oxygen atoms in total. The number of oxazole rings is 1. The summed E-state index contributed by atoms with van der Waals surface area (Å²) < 4.78 is 17.6. The summed E-state index contributed by atoms with van der Waals surface area (Å²) in [5.41, 5.74) is 2.33. The van der Waals surface area contributed by atoms with Gasteiger partial charge in [0.2, 0.25) is 5.91 Å². The van der Waals surface area contributed by atoms with E-state index in [4.69, 9.17) is 13.9 Å². The molecule has 0 atom stereocenters. The third kappa shape index (κ3) is 4.59. The first-order chi connectivity index (χ1) is 15.1. The van der Waals surface area contributed by atoms with Gasteiger partial charge in [0.05, 0.1) is 19.7 Å².